The molecule has 37 heavy (non-hydrogen) atoms. The molecular weight excluding hydrogens is 478 g/mol. The van der Waals surface area contributed by atoms with Crippen LogP contribution in [0.3, 0.4) is 0 Å². The van der Waals surface area contributed by atoms with Crippen molar-refractivity contribution >= 4 is 17.1 Å². The van der Waals surface area contributed by atoms with Crippen LogP contribution < -0.4 is 10.2 Å². The molecule has 1 aliphatic carbocycles. The molecule has 1 amide bonds. The van der Waals surface area contributed by atoms with Gasteiger partial charge in [0.25, 0.3) is 5.91 Å². The van der Waals surface area contributed by atoms with Crippen molar-refractivity contribution in [3.8, 4) is 0 Å². The van der Waals surface area contributed by atoms with Crippen LogP contribution in [-0.4, -0.2) is 38.2 Å². The zero-order valence-corrected chi connectivity index (χ0v) is 20.5. The molecule has 0 radical (unpaired) electrons. The maximum atomic E-state index is 14.6. The lowest BCUT2D eigenvalue weighted by Gasteiger charge is -2.28. The third-order valence-corrected chi connectivity index (χ3v) is 7.62. The summed E-state index contributed by atoms with van der Waals surface area (Å²) in [5, 5.41) is 11.6. The van der Waals surface area contributed by atoms with Crippen molar-refractivity contribution in [1.29, 1.82) is 0 Å². The number of hydrogen-bond acceptors (Lipinski definition) is 6. The number of aryl methyl sites for hydroxylation is 1. The van der Waals surface area contributed by atoms with Gasteiger partial charge in [0.15, 0.2) is 5.82 Å². The molecule has 0 unspecified atom stereocenters. The Balaban J connectivity index is 1.18. The first-order valence-corrected chi connectivity index (χ1v) is 12.8. The number of benzene rings is 1. The minimum absolute atomic E-state index is 0.0637. The Morgan fingerprint density at radius 1 is 1.11 bits per heavy atom. The first-order chi connectivity index (χ1) is 18.0. The van der Waals surface area contributed by atoms with E-state index < -0.39 is 11.6 Å². The smallest absolute Gasteiger partial charge is 0.255 e. The molecule has 1 aromatic carbocycles. The molecule has 8 nitrogen and oxygen atoms in total. The van der Waals surface area contributed by atoms with Gasteiger partial charge in [-0.15, -0.1) is 0 Å². The summed E-state index contributed by atoms with van der Waals surface area (Å²) in [4.78, 5) is 19.7. The summed E-state index contributed by atoms with van der Waals surface area (Å²) < 4.78 is 35.2. The van der Waals surface area contributed by atoms with Gasteiger partial charge in [-0.2, -0.15) is 10.1 Å². The number of amides is 1. The molecule has 1 saturated heterocycles. The van der Waals surface area contributed by atoms with Crippen molar-refractivity contribution in [3.05, 3.63) is 77.2 Å². The number of fused-ring (bicyclic) bond motifs is 1. The Hall–Kier alpha value is -3.82. The van der Waals surface area contributed by atoms with Gasteiger partial charge in [0.05, 0.1) is 23.3 Å². The lowest BCUT2D eigenvalue weighted by molar-refractivity contribution is 0.0927. The number of carbonyl (C=O) groups excluding carboxylic acids is 1. The highest BCUT2D eigenvalue weighted by Gasteiger charge is 2.30. The minimum atomic E-state index is -0.449. The minimum Gasteiger partial charge on any atom is -0.364 e. The summed E-state index contributed by atoms with van der Waals surface area (Å²) in [5.74, 6) is 0.541. The molecular formula is C27H28F2N6O2. The second-order valence-corrected chi connectivity index (χ2v) is 9.98. The second-order valence-electron chi connectivity index (χ2n) is 9.98. The molecule has 1 atom stereocenters. The monoisotopic (exact) mass is 506 g/mol. The maximum Gasteiger partial charge on any atom is 0.255 e. The largest absolute Gasteiger partial charge is 0.364 e. The van der Waals surface area contributed by atoms with Gasteiger partial charge in [0.2, 0.25) is 5.89 Å². The molecule has 6 rings (SSSR count). The highest BCUT2D eigenvalue weighted by Crippen LogP contribution is 2.38. The van der Waals surface area contributed by atoms with E-state index in [-0.39, 0.29) is 23.9 Å². The predicted molar refractivity (Wildman–Crippen MR) is 132 cm³/mol. The van der Waals surface area contributed by atoms with E-state index in [0.29, 0.717) is 22.5 Å². The van der Waals surface area contributed by atoms with Crippen LogP contribution in [0.15, 0.2) is 47.2 Å². The summed E-state index contributed by atoms with van der Waals surface area (Å²) in [5.41, 5.74) is 2.38. The molecule has 2 aliphatic rings. The molecule has 1 aliphatic heterocycles. The van der Waals surface area contributed by atoms with Crippen LogP contribution in [0.1, 0.15) is 78.1 Å². The lowest BCUT2D eigenvalue weighted by Crippen LogP contribution is -2.37. The average Bonchev–Trinajstić information content (AvgIpc) is 3.65. The summed E-state index contributed by atoms with van der Waals surface area (Å²) in [6.45, 7) is 2.50. The second kappa shape index (κ2) is 9.57. The van der Waals surface area contributed by atoms with E-state index in [4.69, 9.17) is 4.52 Å². The predicted octanol–water partition coefficient (Wildman–Crippen LogP) is 5.10. The van der Waals surface area contributed by atoms with Crippen molar-refractivity contribution in [2.45, 2.75) is 63.5 Å². The van der Waals surface area contributed by atoms with Crippen molar-refractivity contribution in [2.24, 2.45) is 0 Å². The number of nitrogens with zero attached hydrogens (tertiary/aromatic N) is 5. The third-order valence-electron chi connectivity index (χ3n) is 7.62. The van der Waals surface area contributed by atoms with E-state index in [9.17, 15) is 13.6 Å². The fourth-order valence-corrected chi connectivity index (χ4v) is 5.73. The van der Waals surface area contributed by atoms with Crippen LogP contribution in [0.2, 0.25) is 0 Å². The van der Waals surface area contributed by atoms with Gasteiger partial charge in [-0.3, -0.25) is 4.79 Å². The summed E-state index contributed by atoms with van der Waals surface area (Å²) in [6, 6.07) is 7.21. The Kier molecular flexibility index (Phi) is 6.10. The molecule has 1 saturated carbocycles. The quantitative estimate of drug-likeness (QED) is 0.405. The van der Waals surface area contributed by atoms with Crippen LogP contribution in [0.4, 0.5) is 14.5 Å². The van der Waals surface area contributed by atoms with Gasteiger partial charge in [0.1, 0.15) is 11.6 Å². The zero-order valence-electron chi connectivity index (χ0n) is 20.5. The highest BCUT2D eigenvalue weighted by atomic mass is 19.1. The molecule has 1 N–H and O–H groups in total. The van der Waals surface area contributed by atoms with Crippen LogP contribution >= 0.6 is 0 Å². The van der Waals surface area contributed by atoms with E-state index in [1.165, 1.54) is 12.1 Å². The molecule has 192 valence electrons. The first-order valence-electron chi connectivity index (χ1n) is 12.8. The third kappa shape index (κ3) is 4.56. The zero-order chi connectivity index (χ0) is 25.5. The highest BCUT2D eigenvalue weighted by molar-refractivity contribution is 6.01. The van der Waals surface area contributed by atoms with Crippen LogP contribution in [-0.2, 0) is 0 Å². The van der Waals surface area contributed by atoms with E-state index in [1.807, 2.05) is 12.1 Å². The number of halogens is 2. The van der Waals surface area contributed by atoms with Crippen molar-refractivity contribution in [1.82, 2.24) is 25.1 Å². The Morgan fingerprint density at radius 2 is 1.95 bits per heavy atom. The summed E-state index contributed by atoms with van der Waals surface area (Å²) >= 11 is 0. The average molecular weight is 507 g/mol. The number of hydrogen-bond donors (Lipinski definition) is 1. The number of rotatable bonds is 5. The fourth-order valence-electron chi connectivity index (χ4n) is 5.73. The number of nitrogens with one attached hydrogen (secondary N) is 1. The fraction of sp³-hybridized carbons (Fsp3) is 0.407. The SMILES string of the molecule is Cc1nc([C@H]2CC[C@H](NC(=O)c3cnn4ccc(N5CCC[C@@H]5c5cc(F)ccc5F)cc34)CC2)no1. The molecule has 0 spiro atoms. The van der Waals surface area contributed by atoms with Crippen molar-refractivity contribution < 1.29 is 18.1 Å². The molecule has 0 bridgehead atoms. The van der Waals surface area contributed by atoms with Crippen LogP contribution in [0.5, 0.6) is 0 Å². The molecule has 10 heteroatoms. The molecule has 3 aromatic heterocycles. The van der Waals surface area contributed by atoms with Gasteiger partial charge in [-0.05, 0) is 68.9 Å². The molecule has 2 fully saturated rings. The molecule has 4 aromatic rings. The number of aromatic nitrogens is 4. The van der Waals surface area contributed by atoms with Gasteiger partial charge < -0.3 is 14.7 Å². The van der Waals surface area contributed by atoms with Gasteiger partial charge >= 0.3 is 0 Å². The lowest BCUT2D eigenvalue weighted by atomic mass is 9.85. The maximum absolute atomic E-state index is 14.6. The first kappa shape index (κ1) is 23.6. The number of pyridine rings is 1. The Bertz CT molecular complexity index is 1440. The van der Waals surface area contributed by atoms with E-state index >= 15 is 0 Å². The van der Waals surface area contributed by atoms with Gasteiger partial charge in [-0.25, -0.2) is 13.3 Å². The van der Waals surface area contributed by atoms with Gasteiger partial charge in [-0.1, -0.05) is 5.16 Å². The Labute approximate surface area is 212 Å². The molecule has 4 heterocycles. The summed E-state index contributed by atoms with van der Waals surface area (Å²) in [6.07, 6.45) is 8.42. The standard InChI is InChI=1S/C27H28F2N6O2/c1-16-31-26(33-37-16)17-4-7-19(8-5-17)32-27(36)22-15-30-35-12-10-20(14-25(22)35)34-11-2-3-24(34)21-13-18(28)6-9-23(21)29/h6,9-10,12-15,17,19,24H,2-5,7-8,11H2,1H3,(H,32,36)/t17-,19-,24-/m1/s1. The van der Waals surface area contributed by atoms with E-state index in [2.05, 4.69) is 25.5 Å². The number of carbonyl (C=O) groups is 1. The van der Waals surface area contributed by atoms with Crippen LogP contribution in [0, 0.1) is 18.6 Å². The van der Waals surface area contributed by atoms with Gasteiger partial charge in [0, 0.05) is 42.9 Å². The van der Waals surface area contributed by atoms with Crippen molar-refractivity contribution in [2.75, 3.05) is 11.4 Å². The Morgan fingerprint density at radius 3 is 2.73 bits per heavy atom. The number of anilines is 1. The van der Waals surface area contributed by atoms with E-state index in [0.717, 1.165) is 62.6 Å². The topological polar surface area (TPSA) is 88.6 Å². The van der Waals surface area contributed by atoms with E-state index in [1.54, 1.807) is 23.8 Å². The summed E-state index contributed by atoms with van der Waals surface area (Å²) in [7, 11) is 0. The van der Waals surface area contributed by atoms with Crippen molar-refractivity contribution in [3.63, 3.8) is 0 Å². The normalized spacial score (nSPS) is 22.0. The van der Waals surface area contributed by atoms with Crippen LogP contribution in [0.25, 0.3) is 5.52 Å².